The number of fused-ring (bicyclic) bond motifs is 1. The zero-order valence-electron chi connectivity index (χ0n) is 20.8. The minimum atomic E-state index is -0.0187. The summed E-state index contributed by atoms with van der Waals surface area (Å²) in [5, 5.41) is 4.34. The van der Waals surface area contributed by atoms with Gasteiger partial charge in [0, 0.05) is 68.0 Å². The summed E-state index contributed by atoms with van der Waals surface area (Å²) in [6, 6.07) is 24.5. The van der Waals surface area contributed by atoms with Crippen molar-refractivity contribution in [2.75, 3.05) is 37.0 Å². The van der Waals surface area contributed by atoms with Gasteiger partial charge in [0.25, 0.3) is 0 Å². The average molecular weight is 481 g/mol. The Balaban J connectivity index is 1.31. The fourth-order valence-electron chi connectivity index (χ4n) is 4.97. The van der Waals surface area contributed by atoms with Crippen molar-refractivity contribution in [3.63, 3.8) is 0 Å². The maximum atomic E-state index is 12.9. The number of nitrogens with zero attached hydrogens (tertiary/aromatic N) is 2. The fraction of sp³-hybridized carbons (Fsp3) is 0.267. The predicted octanol–water partition coefficient (Wildman–Crippen LogP) is 4.85. The highest BCUT2D eigenvalue weighted by Crippen LogP contribution is 2.31. The van der Waals surface area contributed by atoms with Crippen LogP contribution in [0.15, 0.2) is 79.0 Å². The zero-order chi connectivity index (χ0) is 25.1. The highest BCUT2D eigenvalue weighted by Gasteiger charge is 2.22. The maximum Gasteiger partial charge on any atom is 0.227 e. The lowest BCUT2D eigenvalue weighted by atomic mass is 9.90. The minimum Gasteiger partial charge on any atom is -0.378 e. The molecule has 1 atom stereocenters. The average Bonchev–Trinajstić information content (AvgIpc) is 3.51. The Hall–Kier alpha value is -4.06. The molecule has 1 aliphatic rings. The standard InChI is InChI=1S/C30H32N4O2/c1-33(2)23-15-11-22(12-16-23)26(27-20-31-28-7-4-3-6-25(27)28)19-32-29(35)18-21-9-13-24(14-10-21)34-17-5-8-30(34)36/h3-4,6-7,9-16,20,26,31H,5,8,17-19H2,1-2H3,(H,32,35). The molecule has 2 N–H and O–H groups in total. The quantitative estimate of drug-likeness (QED) is 0.379. The van der Waals surface area contributed by atoms with Crippen LogP contribution in [0, 0.1) is 0 Å². The van der Waals surface area contributed by atoms with E-state index in [1.807, 2.05) is 55.4 Å². The van der Waals surface area contributed by atoms with Gasteiger partial charge in [-0.25, -0.2) is 0 Å². The Bertz CT molecular complexity index is 1360. The fourth-order valence-corrected chi connectivity index (χ4v) is 4.97. The van der Waals surface area contributed by atoms with Crippen LogP contribution in [0.3, 0.4) is 0 Å². The summed E-state index contributed by atoms with van der Waals surface area (Å²) in [6.45, 7) is 1.27. The van der Waals surface area contributed by atoms with Gasteiger partial charge in [-0.2, -0.15) is 0 Å². The van der Waals surface area contributed by atoms with E-state index in [0.717, 1.165) is 41.0 Å². The highest BCUT2D eigenvalue weighted by atomic mass is 16.2. The number of hydrogen-bond donors (Lipinski definition) is 2. The van der Waals surface area contributed by atoms with E-state index in [1.165, 1.54) is 10.9 Å². The molecule has 1 unspecified atom stereocenters. The number of nitrogens with one attached hydrogen (secondary N) is 2. The molecule has 3 aromatic carbocycles. The Kier molecular flexibility index (Phi) is 6.76. The molecule has 6 nitrogen and oxygen atoms in total. The summed E-state index contributed by atoms with van der Waals surface area (Å²) < 4.78 is 0. The predicted molar refractivity (Wildman–Crippen MR) is 146 cm³/mol. The molecule has 6 heteroatoms. The highest BCUT2D eigenvalue weighted by molar-refractivity contribution is 5.95. The molecule has 4 aromatic rings. The number of para-hydroxylation sites is 1. The number of carbonyl (C=O) groups excluding carboxylic acids is 2. The van der Waals surface area contributed by atoms with E-state index in [4.69, 9.17) is 0 Å². The minimum absolute atomic E-state index is 0.0184. The third-order valence-corrected chi connectivity index (χ3v) is 7.00. The first-order valence-electron chi connectivity index (χ1n) is 12.5. The molecule has 5 rings (SSSR count). The van der Waals surface area contributed by atoms with Crippen LogP contribution in [-0.4, -0.2) is 44.0 Å². The van der Waals surface area contributed by atoms with E-state index < -0.39 is 0 Å². The molecular weight excluding hydrogens is 448 g/mol. The van der Waals surface area contributed by atoms with Gasteiger partial charge in [-0.3, -0.25) is 9.59 Å². The van der Waals surface area contributed by atoms with Crippen LogP contribution in [0.4, 0.5) is 11.4 Å². The third kappa shape index (κ3) is 4.98. The van der Waals surface area contributed by atoms with Gasteiger partial charge in [0.1, 0.15) is 0 Å². The molecule has 0 spiro atoms. The Morgan fingerprint density at radius 3 is 2.47 bits per heavy atom. The molecule has 184 valence electrons. The first-order chi connectivity index (χ1) is 17.5. The SMILES string of the molecule is CN(C)c1ccc(C(CNC(=O)Cc2ccc(N3CCCC3=O)cc2)c2c[nH]c3ccccc23)cc1. The molecule has 1 saturated heterocycles. The second-order valence-electron chi connectivity index (χ2n) is 9.62. The van der Waals surface area contributed by atoms with Crippen LogP contribution >= 0.6 is 0 Å². The second kappa shape index (κ2) is 10.3. The van der Waals surface area contributed by atoms with Crippen molar-refractivity contribution in [2.45, 2.75) is 25.2 Å². The maximum absolute atomic E-state index is 12.9. The molecule has 1 fully saturated rings. The van der Waals surface area contributed by atoms with Crippen LogP contribution in [0.5, 0.6) is 0 Å². The lowest BCUT2D eigenvalue weighted by Crippen LogP contribution is -2.30. The zero-order valence-corrected chi connectivity index (χ0v) is 20.8. The molecular formula is C30H32N4O2. The molecule has 2 amide bonds. The van der Waals surface area contributed by atoms with Crippen molar-refractivity contribution in [3.05, 3.63) is 95.7 Å². The molecule has 2 heterocycles. The van der Waals surface area contributed by atoms with Crippen molar-refractivity contribution in [1.29, 1.82) is 0 Å². The number of amides is 2. The van der Waals surface area contributed by atoms with Crippen molar-refractivity contribution >= 4 is 34.1 Å². The summed E-state index contributed by atoms with van der Waals surface area (Å²) in [5.74, 6) is 0.169. The lowest BCUT2D eigenvalue weighted by Gasteiger charge is -2.20. The van der Waals surface area contributed by atoms with Crippen molar-refractivity contribution < 1.29 is 9.59 Å². The van der Waals surface area contributed by atoms with Gasteiger partial charge in [0.05, 0.1) is 6.42 Å². The molecule has 0 aliphatic carbocycles. The Morgan fingerprint density at radius 2 is 1.78 bits per heavy atom. The van der Waals surface area contributed by atoms with Crippen LogP contribution < -0.4 is 15.1 Å². The van der Waals surface area contributed by atoms with Gasteiger partial charge in [0.15, 0.2) is 0 Å². The van der Waals surface area contributed by atoms with Crippen molar-refractivity contribution in [2.24, 2.45) is 0 Å². The van der Waals surface area contributed by atoms with E-state index in [9.17, 15) is 9.59 Å². The summed E-state index contributed by atoms with van der Waals surface area (Å²) >= 11 is 0. The number of aromatic nitrogens is 1. The molecule has 0 radical (unpaired) electrons. The van der Waals surface area contributed by atoms with E-state index >= 15 is 0 Å². The Morgan fingerprint density at radius 1 is 1.03 bits per heavy atom. The summed E-state index contributed by atoms with van der Waals surface area (Å²) in [5.41, 5.74) is 6.39. The third-order valence-electron chi connectivity index (χ3n) is 7.00. The number of hydrogen-bond acceptors (Lipinski definition) is 3. The monoisotopic (exact) mass is 480 g/mol. The number of rotatable bonds is 8. The van der Waals surface area contributed by atoms with Crippen LogP contribution in [0.1, 0.15) is 35.4 Å². The first kappa shape index (κ1) is 23.7. The number of aromatic amines is 1. The molecule has 1 aliphatic heterocycles. The topological polar surface area (TPSA) is 68.4 Å². The van der Waals surface area contributed by atoms with E-state index in [2.05, 4.69) is 57.8 Å². The van der Waals surface area contributed by atoms with Crippen LogP contribution in [0.2, 0.25) is 0 Å². The number of anilines is 2. The largest absolute Gasteiger partial charge is 0.378 e. The molecule has 0 saturated carbocycles. The van der Waals surface area contributed by atoms with Gasteiger partial charge < -0.3 is 20.1 Å². The van der Waals surface area contributed by atoms with Gasteiger partial charge in [-0.15, -0.1) is 0 Å². The first-order valence-corrected chi connectivity index (χ1v) is 12.5. The van der Waals surface area contributed by atoms with Crippen LogP contribution in [0.25, 0.3) is 10.9 Å². The summed E-state index contributed by atoms with van der Waals surface area (Å²) in [4.78, 5) is 32.2. The number of H-pyrrole nitrogens is 1. The van der Waals surface area contributed by atoms with Crippen LogP contribution in [-0.2, 0) is 16.0 Å². The van der Waals surface area contributed by atoms with Gasteiger partial charge in [0.2, 0.25) is 11.8 Å². The van der Waals surface area contributed by atoms with Gasteiger partial charge in [-0.05, 0) is 53.4 Å². The smallest absolute Gasteiger partial charge is 0.227 e. The van der Waals surface area contributed by atoms with Crippen molar-refractivity contribution in [3.8, 4) is 0 Å². The lowest BCUT2D eigenvalue weighted by molar-refractivity contribution is -0.120. The summed E-state index contributed by atoms with van der Waals surface area (Å²) in [6.07, 6.45) is 3.87. The van der Waals surface area contributed by atoms with E-state index in [-0.39, 0.29) is 17.7 Å². The second-order valence-corrected chi connectivity index (χ2v) is 9.62. The van der Waals surface area contributed by atoms with Gasteiger partial charge in [-0.1, -0.05) is 42.5 Å². The van der Waals surface area contributed by atoms with E-state index in [0.29, 0.717) is 19.4 Å². The number of benzene rings is 3. The Labute approximate surface area is 211 Å². The van der Waals surface area contributed by atoms with E-state index in [1.54, 1.807) is 0 Å². The molecule has 36 heavy (non-hydrogen) atoms. The van der Waals surface area contributed by atoms with Gasteiger partial charge >= 0.3 is 0 Å². The summed E-state index contributed by atoms with van der Waals surface area (Å²) in [7, 11) is 4.06. The number of carbonyl (C=O) groups is 2. The molecule has 1 aromatic heterocycles. The molecule has 0 bridgehead atoms. The normalized spacial score (nSPS) is 14.3. The van der Waals surface area contributed by atoms with Crippen molar-refractivity contribution in [1.82, 2.24) is 10.3 Å².